The SMILES string of the molecule is CCCS(=O)(=O)N1CCCC(C(=O)N2CCCN(CC(=O)N(C)C)CC2)C1. The first-order valence-corrected chi connectivity index (χ1v) is 11.5. The Hall–Kier alpha value is -1.19. The molecular weight excluding hydrogens is 368 g/mol. The normalized spacial score (nSPS) is 23.1. The summed E-state index contributed by atoms with van der Waals surface area (Å²) in [4.78, 5) is 30.4. The van der Waals surface area contributed by atoms with Crippen LogP contribution < -0.4 is 0 Å². The van der Waals surface area contributed by atoms with Crippen LogP contribution in [0.25, 0.3) is 0 Å². The Bertz CT molecular complexity index is 623. The zero-order valence-electron chi connectivity index (χ0n) is 16.9. The number of amides is 2. The fourth-order valence-electron chi connectivity index (χ4n) is 3.72. The minimum Gasteiger partial charge on any atom is -0.348 e. The molecule has 2 saturated heterocycles. The molecule has 1 unspecified atom stereocenters. The molecule has 2 amide bonds. The van der Waals surface area contributed by atoms with E-state index in [-0.39, 0.29) is 23.5 Å². The molecule has 0 spiro atoms. The van der Waals surface area contributed by atoms with E-state index in [4.69, 9.17) is 0 Å². The topological polar surface area (TPSA) is 81.2 Å². The van der Waals surface area contributed by atoms with Gasteiger partial charge in [0.05, 0.1) is 18.2 Å². The maximum Gasteiger partial charge on any atom is 0.236 e. The van der Waals surface area contributed by atoms with Gasteiger partial charge in [0.25, 0.3) is 0 Å². The van der Waals surface area contributed by atoms with Gasteiger partial charge in [0.15, 0.2) is 0 Å². The van der Waals surface area contributed by atoms with Crippen LogP contribution in [0.15, 0.2) is 0 Å². The third-order valence-electron chi connectivity index (χ3n) is 5.35. The fraction of sp³-hybridized carbons (Fsp3) is 0.889. The van der Waals surface area contributed by atoms with Crippen LogP contribution in [-0.4, -0.2) is 105 Å². The number of rotatable bonds is 6. The van der Waals surface area contributed by atoms with Gasteiger partial charge in [-0.3, -0.25) is 14.5 Å². The summed E-state index contributed by atoms with van der Waals surface area (Å²) in [5, 5.41) is 0. The Morgan fingerprint density at radius 3 is 2.44 bits per heavy atom. The minimum atomic E-state index is -3.26. The van der Waals surface area contributed by atoms with Crippen molar-refractivity contribution in [3.05, 3.63) is 0 Å². The highest BCUT2D eigenvalue weighted by atomic mass is 32.2. The minimum absolute atomic E-state index is 0.0622. The smallest absolute Gasteiger partial charge is 0.236 e. The number of hydrogen-bond acceptors (Lipinski definition) is 5. The maximum atomic E-state index is 13.0. The van der Waals surface area contributed by atoms with Crippen LogP contribution in [0.1, 0.15) is 32.6 Å². The van der Waals surface area contributed by atoms with Crippen molar-refractivity contribution in [1.29, 1.82) is 0 Å². The number of piperidine rings is 1. The van der Waals surface area contributed by atoms with Crippen molar-refractivity contribution < 1.29 is 18.0 Å². The van der Waals surface area contributed by atoms with E-state index in [1.807, 2.05) is 11.8 Å². The van der Waals surface area contributed by atoms with E-state index in [9.17, 15) is 18.0 Å². The lowest BCUT2D eigenvalue weighted by atomic mass is 9.98. The van der Waals surface area contributed by atoms with Crippen LogP contribution in [0.5, 0.6) is 0 Å². The molecule has 2 fully saturated rings. The average molecular weight is 403 g/mol. The molecule has 0 aromatic rings. The molecule has 2 heterocycles. The number of hydrogen-bond donors (Lipinski definition) is 0. The molecule has 0 saturated carbocycles. The summed E-state index contributed by atoms with van der Waals surface area (Å²) in [6, 6.07) is 0. The Kier molecular flexibility index (Phi) is 8.05. The molecule has 156 valence electrons. The van der Waals surface area contributed by atoms with Gasteiger partial charge >= 0.3 is 0 Å². The molecule has 2 rings (SSSR count). The van der Waals surface area contributed by atoms with E-state index in [1.165, 1.54) is 4.31 Å². The molecule has 27 heavy (non-hydrogen) atoms. The molecule has 1 atom stereocenters. The van der Waals surface area contributed by atoms with E-state index in [1.54, 1.807) is 19.0 Å². The lowest BCUT2D eigenvalue weighted by Crippen LogP contribution is -2.48. The summed E-state index contributed by atoms with van der Waals surface area (Å²) >= 11 is 0. The van der Waals surface area contributed by atoms with Crippen LogP contribution in [0.3, 0.4) is 0 Å². The quantitative estimate of drug-likeness (QED) is 0.628. The lowest BCUT2D eigenvalue weighted by Gasteiger charge is -2.34. The summed E-state index contributed by atoms with van der Waals surface area (Å²) in [7, 11) is 0.239. The Balaban J connectivity index is 1.92. The number of sulfonamides is 1. The Morgan fingerprint density at radius 2 is 1.78 bits per heavy atom. The van der Waals surface area contributed by atoms with Crippen molar-refractivity contribution in [3.63, 3.8) is 0 Å². The summed E-state index contributed by atoms with van der Waals surface area (Å²) in [5.74, 6) is 0.0262. The van der Waals surface area contributed by atoms with Gasteiger partial charge in [0, 0.05) is 53.4 Å². The first-order chi connectivity index (χ1) is 12.7. The Labute approximate surface area is 163 Å². The van der Waals surface area contributed by atoms with Gasteiger partial charge in [-0.15, -0.1) is 0 Å². The predicted octanol–water partition coefficient (Wildman–Crippen LogP) is 0.0607. The summed E-state index contributed by atoms with van der Waals surface area (Å²) < 4.78 is 26.2. The summed E-state index contributed by atoms with van der Waals surface area (Å²) in [5.41, 5.74) is 0. The Morgan fingerprint density at radius 1 is 1.04 bits per heavy atom. The molecule has 0 aromatic heterocycles. The molecule has 8 nitrogen and oxygen atoms in total. The number of likely N-dealkylation sites (N-methyl/N-ethyl adjacent to an activating group) is 1. The van der Waals surface area contributed by atoms with E-state index < -0.39 is 10.0 Å². The van der Waals surface area contributed by atoms with Gasteiger partial charge in [-0.05, 0) is 25.7 Å². The molecule has 2 aliphatic rings. The highest BCUT2D eigenvalue weighted by molar-refractivity contribution is 7.89. The first-order valence-electron chi connectivity index (χ1n) is 9.93. The van der Waals surface area contributed by atoms with Gasteiger partial charge in [-0.1, -0.05) is 6.92 Å². The van der Waals surface area contributed by atoms with Gasteiger partial charge in [0.1, 0.15) is 0 Å². The monoisotopic (exact) mass is 402 g/mol. The van der Waals surface area contributed by atoms with Crippen LogP contribution in [0.4, 0.5) is 0 Å². The van der Waals surface area contributed by atoms with Gasteiger partial charge in [-0.2, -0.15) is 0 Å². The third-order valence-corrected chi connectivity index (χ3v) is 7.39. The van der Waals surface area contributed by atoms with E-state index in [2.05, 4.69) is 4.90 Å². The molecule has 9 heteroatoms. The molecule has 0 aliphatic carbocycles. The molecule has 0 bridgehead atoms. The number of nitrogens with zero attached hydrogens (tertiary/aromatic N) is 4. The maximum absolute atomic E-state index is 13.0. The van der Waals surface area contributed by atoms with Crippen molar-refractivity contribution in [2.75, 3.05) is 65.7 Å². The van der Waals surface area contributed by atoms with Gasteiger partial charge in [-0.25, -0.2) is 12.7 Å². The molecule has 0 radical (unpaired) electrons. The zero-order valence-corrected chi connectivity index (χ0v) is 17.7. The largest absolute Gasteiger partial charge is 0.348 e. The van der Waals surface area contributed by atoms with Crippen molar-refractivity contribution in [3.8, 4) is 0 Å². The molecule has 0 N–H and O–H groups in total. The summed E-state index contributed by atoms with van der Waals surface area (Å²) in [6.45, 7) is 5.80. The van der Waals surface area contributed by atoms with Crippen molar-refractivity contribution in [1.82, 2.24) is 19.0 Å². The van der Waals surface area contributed by atoms with Crippen molar-refractivity contribution in [2.24, 2.45) is 5.92 Å². The second-order valence-corrected chi connectivity index (χ2v) is 9.84. The zero-order chi connectivity index (χ0) is 20.0. The fourth-order valence-corrected chi connectivity index (χ4v) is 5.31. The average Bonchev–Trinajstić information content (AvgIpc) is 2.86. The standard InChI is InChI=1S/C18H34N4O4S/c1-4-13-27(25,26)22-10-5-7-16(14-22)18(24)21-9-6-8-20(11-12-21)15-17(23)19(2)3/h16H,4-15H2,1-3H3. The lowest BCUT2D eigenvalue weighted by molar-refractivity contribution is -0.136. The molecule has 0 aromatic carbocycles. The van der Waals surface area contributed by atoms with E-state index >= 15 is 0 Å². The van der Waals surface area contributed by atoms with E-state index in [0.717, 1.165) is 25.8 Å². The van der Waals surface area contributed by atoms with Crippen molar-refractivity contribution >= 4 is 21.8 Å². The first kappa shape index (κ1) is 22.1. The van der Waals surface area contributed by atoms with Crippen LogP contribution in [0.2, 0.25) is 0 Å². The van der Waals surface area contributed by atoms with Gasteiger partial charge < -0.3 is 9.80 Å². The third kappa shape index (κ3) is 6.15. The highest BCUT2D eigenvalue weighted by Gasteiger charge is 2.34. The second kappa shape index (κ2) is 9.84. The van der Waals surface area contributed by atoms with Crippen LogP contribution in [-0.2, 0) is 19.6 Å². The number of carbonyl (C=O) groups excluding carboxylic acids is 2. The summed E-state index contributed by atoms with van der Waals surface area (Å²) in [6.07, 6.45) is 2.90. The predicted molar refractivity (Wildman–Crippen MR) is 105 cm³/mol. The van der Waals surface area contributed by atoms with Crippen LogP contribution in [0, 0.1) is 5.92 Å². The molecular formula is C18H34N4O4S. The number of carbonyl (C=O) groups is 2. The van der Waals surface area contributed by atoms with Crippen molar-refractivity contribution in [2.45, 2.75) is 32.6 Å². The highest BCUT2D eigenvalue weighted by Crippen LogP contribution is 2.22. The van der Waals surface area contributed by atoms with Crippen LogP contribution >= 0.6 is 0 Å². The van der Waals surface area contributed by atoms with E-state index in [0.29, 0.717) is 45.7 Å². The second-order valence-electron chi connectivity index (χ2n) is 7.76. The van der Waals surface area contributed by atoms with Gasteiger partial charge in [0.2, 0.25) is 21.8 Å². The molecule has 2 aliphatic heterocycles.